The quantitative estimate of drug-likeness (QED) is 0.610. The van der Waals surface area contributed by atoms with Crippen molar-refractivity contribution in [3.63, 3.8) is 0 Å². The number of aromatic nitrogens is 3. The maximum absolute atomic E-state index is 6.05. The minimum absolute atomic E-state index is 0.439. The smallest absolute Gasteiger partial charge is 0.165 e. The molecule has 0 saturated heterocycles. The molecule has 2 N–H and O–H groups in total. The Hall–Kier alpha value is -3.47. The van der Waals surface area contributed by atoms with Crippen LogP contribution in [0.15, 0.2) is 67.0 Å². The summed E-state index contributed by atoms with van der Waals surface area (Å²) in [6.07, 6.45) is 1.45. The van der Waals surface area contributed by atoms with Gasteiger partial charge in [-0.1, -0.05) is 42.5 Å². The molecule has 0 radical (unpaired) electrons. The summed E-state index contributed by atoms with van der Waals surface area (Å²) in [6.45, 7) is 0. The van der Waals surface area contributed by atoms with Crippen molar-refractivity contribution in [1.29, 1.82) is 0 Å². The Morgan fingerprint density at radius 1 is 0.846 bits per heavy atom. The first-order chi connectivity index (χ1) is 12.6. The third-order valence-electron chi connectivity index (χ3n) is 4.40. The van der Waals surface area contributed by atoms with Crippen LogP contribution in [0, 0.1) is 0 Å². The Morgan fingerprint density at radius 3 is 2.27 bits per heavy atom. The molecule has 128 valence electrons. The normalized spacial score (nSPS) is 10.8. The highest BCUT2D eigenvalue weighted by Crippen LogP contribution is 2.34. The highest BCUT2D eigenvalue weighted by molar-refractivity contribution is 5.94. The second kappa shape index (κ2) is 6.44. The van der Waals surface area contributed by atoms with Gasteiger partial charge in [0, 0.05) is 30.9 Å². The number of anilines is 2. The molecule has 4 aromatic rings. The van der Waals surface area contributed by atoms with Gasteiger partial charge < -0.3 is 10.6 Å². The van der Waals surface area contributed by atoms with Crippen molar-refractivity contribution in [1.82, 2.24) is 15.0 Å². The summed E-state index contributed by atoms with van der Waals surface area (Å²) < 4.78 is 0. The molecule has 26 heavy (non-hydrogen) atoms. The minimum atomic E-state index is 0.439. The summed E-state index contributed by atoms with van der Waals surface area (Å²) in [5.41, 5.74) is 11.8. The maximum atomic E-state index is 6.05. The lowest BCUT2D eigenvalue weighted by atomic mass is 9.98. The van der Waals surface area contributed by atoms with Crippen LogP contribution in [-0.4, -0.2) is 29.0 Å². The lowest BCUT2D eigenvalue weighted by Crippen LogP contribution is -2.08. The number of pyridine rings is 1. The zero-order chi connectivity index (χ0) is 18.1. The van der Waals surface area contributed by atoms with E-state index in [2.05, 4.69) is 51.3 Å². The average molecular weight is 341 g/mol. The summed E-state index contributed by atoms with van der Waals surface area (Å²) in [5, 5.41) is 0.764. The fraction of sp³-hybridized carbons (Fsp3) is 0.0952. The van der Waals surface area contributed by atoms with Gasteiger partial charge in [-0.2, -0.15) is 0 Å². The van der Waals surface area contributed by atoms with Gasteiger partial charge in [0.25, 0.3) is 0 Å². The number of hydrogen-bond donors (Lipinski definition) is 1. The van der Waals surface area contributed by atoms with Gasteiger partial charge in [0.05, 0.1) is 11.1 Å². The molecule has 0 fully saturated rings. The van der Waals surface area contributed by atoms with Crippen molar-refractivity contribution in [2.24, 2.45) is 0 Å². The number of nitrogens with two attached hydrogens (primary N) is 1. The number of benzene rings is 2. The average Bonchev–Trinajstić information content (AvgIpc) is 2.68. The van der Waals surface area contributed by atoms with E-state index >= 15 is 0 Å². The van der Waals surface area contributed by atoms with E-state index in [1.54, 1.807) is 0 Å². The minimum Gasteiger partial charge on any atom is -0.383 e. The van der Waals surface area contributed by atoms with E-state index in [-0.39, 0.29) is 0 Å². The lowest BCUT2D eigenvalue weighted by molar-refractivity contribution is 1.13. The predicted molar refractivity (Wildman–Crippen MR) is 107 cm³/mol. The van der Waals surface area contributed by atoms with E-state index in [9.17, 15) is 0 Å². The maximum Gasteiger partial charge on any atom is 0.165 e. The van der Waals surface area contributed by atoms with Gasteiger partial charge in [-0.05, 0) is 23.8 Å². The first kappa shape index (κ1) is 16.0. The molecule has 5 nitrogen and oxygen atoms in total. The van der Waals surface area contributed by atoms with Gasteiger partial charge in [0.15, 0.2) is 5.65 Å². The van der Waals surface area contributed by atoms with Gasteiger partial charge >= 0.3 is 0 Å². The highest BCUT2D eigenvalue weighted by Gasteiger charge is 2.14. The number of fused-ring (bicyclic) bond motifs is 1. The molecule has 0 unspecified atom stereocenters. The van der Waals surface area contributed by atoms with Crippen LogP contribution < -0.4 is 10.6 Å². The van der Waals surface area contributed by atoms with E-state index in [4.69, 9.17) is 10.7 Å². The summed E-state index contributed by atoms with van der Waals surface area (Å²) in [4.78, 5) is 15.3. The molecule has 0 saturated carbocycles. The molecule has 0 aliphatic carbocycles. The van der Waals surface area contributed by atoms with Crippen molar-refractivity contribution in [2.75, 3.05) is 24.7 Å². The van der Waals surface area contributed by atoms with Crippen LogP contribution in [0.2, 0.25) is 0 Å². The lowest BCUT2D eigenvalue weighted by Gasteiger charge is -2.15. The van der Waals surface area contributed by atoms with Crippen molar-refractivity contribution >= 4 is 22.5 Å². The van der Waals surface area contributed by atoms with Gasteiger partial charge in [-0.25, -0.2) is 15.0 Å². The van der Waals surface area contributed by atoms with E-state index in [0.717, 1.165) is 33.5 Å². The molecule has 0 amide bonds. The fourth-order valence-corrected chi connectivity index (χ4v) is 2.98. The predicted octanol–water partition coefficient (Wildman–Crippen LogP) is 4.01. The molecule has 5 heteroatoms. The van der Waals surface area contributed by atoms with Gasteiger partial charge in [0.1, 0.15) is 12.1 Å². The van der Waals surface area contributed by atoms with Crippen LogP contribution >= 0.6 is 0 Å². The molecule has 0 aliphatic rings. The molecule has 2 heterocycles. The molecule has 4 rings (SSSR count). The first-order valence-electron chi connectivity index (χ1n) is 8.38. The second-order valence-electron chi connectivity index (χ2n) is 6.32. The van der Waals surface area contributed by atoms with Crippen molar-refractivity contribution in [3.8, 4) is 22.4 Å². The van der Waals surface area contributed by atoms with Crippen LogP contribution in [-0.2, 0) is 0 Å². The van der Waals surface area contributed by atoms with Crippen LogP contribution in [0.4, 0.5) is 11.5 Å². The highest BCUT2D eigenvalue weighted by atomic mass is 15.1. The SMILES string of the molecule is CN(C)c1ccc(-c2nc3ncnc(N)c3cc2-c2ccccc2)cc1. The Labute approximate surface area is 152 Å². The van der Waals surface area contributed by atoms with Crippen LogP contribution in [0.3, 0.4) is 0 Å². The van der Waals surface area contributed by atoms with Gasteiger partial charge in [-0.3, -0.25) is 0 Å². The largest absolute Gasteiger partial charge is 0.383 e. The molecule has 0 atom stereocenters. The van der Waals surface area contributed by atoms with E-state index in [1.807, 2.05) is 38.4 Å². The number of rotatable bonds is 3. The molecular formula is C21H19N5. The van der Waals surface area contributed by atoms with Gasteiger partial charge in [0.2, 0.25) is 0 Å². The Morgan fingerprint density at radius 2 is 1.58 bits per heavy atom. The third kappa shape index (κ3) is 2.84. The second-order valence-corrected chi connectivity index (χ2v) is 6.32. The molecule has 0 aliphatic heterocycles. The number of nitrogen functional groups attached to an aromatic ring is 1. The summed E-state index contributed by atoms with van der Waals surface area (Å²) in [7, 11) is 4.05. The zero-order valence-corrected chi connectivity index (χ0v) is 14.7. The fourth-order valence-electron chi connectivity index (χ4n) is 2.98. The van der Waals surface area contributed by atoms with Crippen molar-refractivity contribution < 1.29 is 0 Å². The summed E-state index contributed by atoms with van der Waals surface area (Å²) in [5.74, 6) is 0.439. The van der Waals surface area contributed by atoms with E-state index < -0.39 is 0 Å². The van der Waals surface area contributed by atoms with Crippen molar-refractivity contribution in [2.45, 2.75) is 0 Å². The molecule has 0 bridgehead atoms. The summed E-state index contributed by atoms with van der Waals surface area (Å²) in [6, 6.07) is 20.5. The van der Waals surface area contributed by atoms with Crippen LogP contribution in [0.25, 0.3) is 33.4 Å². The summed E-state index contributed by atoms with van der Waals surface area (Å²) >= 11 is 0. The molecule has 2 aromatic heterocycles. The Kier molecular flexibility index (Phi) is 3.97. The third-order valence-corrected chi connectivity index (χ3v) is 4.40. The monoisotopic (exact) mass is 341 g/mol. The van der Waals surface area contributed by atoms with Crippen molar-refractivity contribution in [3.05, 3.63) is 67.0 Å². The zero-order valence-electron chi connectivity index (χ0n) is 14.7. The van der Waals surface area contributed by atoms with Crippen LogP contribution in [0.1, 0.15) is 0 Å². The Balaban J connectivity index is 1.97. The first-order valence-corrected chi connectivity index (χ1v) is 8.38. The molecular weight excluding hydrogens is 322 g/mol. The van der Waals surface area contributed by atoms with E-state index in [0.29, 0.717) is 11.5 Å². The Bertz CT molecular complexity index is 1060. The van der Waals surface area contributed by atoms with Crippen LogP contribution in [0.5, 0.6) is 0 Å². The number of hydrogen-bond acceptors (Lipinski definition) is 5. The molecule has 2 aromatic carbocycles. The number of nitrogens with zero attached hydrogens (tertiary/aromatic N) is 4. The standard InChI is InChI=1S/C21H19N5/c1-26(2)16-10-8-15(9-11-16)19-17(14-6-4-3-5-7-14)12-18-20(22)23-13-24-21(18)25-19/h3-13H,1-2H3,(H2,22,23,24,25). The molecule has 0 spiro atoms. The topological polar surface area (TPSA) is 67.9 Å². The van der Waals surface area contributed by atoms with Gasteiger partial charge in [-0.15, -0.1) is 0 Å². The van der Waals surface area contributed by atoms with E-state index in [1.165, 1.54) is 6.33 Å².